The van der Waals surface area contributed by atoms with Crippen molar-refractivity contribution < 1.29 is 4.74 Å². The Morgan fingerprint density at radius 3 is 2.83 bits per heavy atom. The first-order valence-corrected chi connectivity index (χ1v) is 9.07. The molecule has 0 amide bonds. The second-order valence-electron chi connectivity index (χ2n) is 5.50. The first-order chi connectivity index (χ1) is 11.2. The highest BCUT2D eigenvalue weighted by atomic mass is 32.1. The summed E-state index contributed by atoms with van der Waals surface area (Å²) >= 11 is 1.86. The number of morpholine rings is 1. The van der Waals surface area contributed by atoms with Gasteiger partial charge in [0.15, 0.2) is 5.96 Å². The van der Waals surface area contributed by atoms with Crippen LogP contribution in [-0.2, 0) is 4.74 Å². The minimum atomic E-state index is 0.316. The first kappa shape index (κ1) is 18.0. The molecule has 0 aromatic carbocycles. The van der Waals surface area contributed by atoms with Gasteiger partial charge in [-0.2, -0.15) is 0 Å². The van der Waals surface area contributed by atoms with Gasteiger partial charge in [-0.15, -0.1) is 17.9 Å². The van der Waals surface area contributed by atoms with Gasteiger partial charge in [-0.1, -0.05) is 6.08 Å². The molecule has 0 spiro atoms. The lowest BCUT2D eigenvalue weighted by molar-refractivity contribution is 0.0186. The summed E-state index contributed by atoms with van der Waals surface area (Å²) in [4.78, 5) is 9.99. The Labute approximate surface area is 143 Å². The van der Waals surface area contributed by atoms with Crippen LogP contribution in [0.2, 0.25) is 0 Å². The normalized spacial score (nSPS) is 17.7. The van der Waals surface area contributed by atoms with Crippen molar-refractivity contribution in [1.82, 2.24) is 15.5 Å². The quantitative estimate of drug-likeness (QED) is 0.455. The Kier molecular flexibility index (Phi) is 7.58. The maximum atomic E-state index is 5.50. The lowest BCUT2D eigenvalue weighted by Crippen LogP contribution is -2.41. The van der Waals surface area contributed by atoms with Crippen molar-refractivity contribution in [2.24, 2.45) is 4.99 Å². The molecule has 0 saturated carbocycles. The van der Waals surface area contributed by atoms with Gasteiger partial charge in [0.2, 0.25) is 0 Å². The van der Waals surface area contributed by atoms with Crippen LogP contribution in [0.1, 0.15) is 22.7 Å². The molecule has 23 heavy (non-hydrogen) atoms. The molecule has 1 aromatic heterocycles. The highest BCUT2D eigenvalue weighted by Crippen LogP contribution is 2.28. The molecule has 1 aliphatic rings. The fraction of sp³-hybridized carbons (Fsp3) is 0.588. The van der Waals surface area contributed by atoms with Gasteiger partial charge in [0.25, 0.3) is 0 Å². The predicted molar refractivity (Wildman–Crippen MR) is 98.4 cm³/mol. The van der Waals surface area contributed by atoms with Gasteiger partial charge in [0, 0.05) is 35.9 Å². The lowest BCUT2D eigenvalue weighted by atomic mass is 10.2. The first-order valence-electron chi connectivity index (χ1n) is 8.25. The van der Waals surface area contributed by atoms with Crippen molar-refractivity contribution in [3.63, 3.8) is 0 Å². The molecule has 1 aromatic rings. The number of aliphatic imine (C=N–C) groups is 1. The van der Waals surface area contributed by atoms with Crippen LogP contribution in [0.25, 0.3) is 0 Å². The molecular formula is C17H28N4OS. The fourth-order valence-electron chi connectivity index (χ4n) is 2.60. The molecule has 1 saturated heterocycles. The number of aryl methyl sites for hydroxylation is 1. The Bertz CT molecular complexity index is 508. The van der Waals surface area contributed by atoms with Gasteiger partial charge >= 0.3 is 0 Å². The molecule has 2 N–H and O–H groups in total. The fourth-order valence-corrected chi connectivity index (χ4v) is 3.60. The maximum absolute atomic E-state index is 5.50. The molecule has 1 unspecified atom stereocenters. The zero-order valence-corrected chi connectivity index (χ0v) is 15.0. The number of rotatable bonds is 7. The third-order valence-corrected chi connectivity index (χ3v) is 4.86. The molecule has 0 radical (unpaired) electrons. The number of nitrogens with one attached hydrogen (secondary N) is 2. The van der Waals surface area contributed by atoms with E-state index in [-0.39, 0.29) is 0 Å². The van der Waals surface area contributed by atoms with Gasteiger partial charge in [-0.25, -0.2) is 0 Å². The number of hydrogen-bond acceptors (Lipinski definition) is 4. The Morgan fingerprint density at radius 1 is 1.43 bits per heavy atom. The molecule has 1 fully saturated rings. The second-order valence-corrected chi connectivity index (χ2v) is 6.82. The van der Waals surface area contributed by atoms with Gasteiger partial charge in [0.1, 0.15) is 0 Å². The van der Waals surface area contributed by atoms with E-state index in [9.17, 15) is 0 Å². The summed E-state index contributed by atoms with van der Waals surface area (Å²) in [6, 6.07) is 4.75. The van der Waals surface area contributed by atoms with Crippen molar-refractivity contribution in [1.29, 1.82) is 0 Å². The van der Waals surface area contributed by atoms with E-state index in [0.29, 0.717) is 12.6 Å². The van der Waals surface area contributed by atoms with Crippen molar-refractivity contribution in [2.75, 3.05) is 45.9 Å². The summed E-state index contributed by atoms with van der Waals surface area (Å²) < 4.78 is 5.50. The molecule has 1 aliphatic heterocycles. The van der Waals surface area contributed by atoms with Gasteiger partial charge in [-0.05, 0) is 26.0 Å². The molecular weight excluding hydrogens is 308 g/mol. The number of hydrogen-bond donors (Lipinski definition) is 2. The van der Waals surface area contributed by atoms with Gasteiger partial charge in [0.05, 0.1) is 25.8 Å². The van der Waals surface area contributed by atoms with Crippen molar-refractivity contribution in [3.05, 3.63) is 34.5 Å². The van der Waals surface area contributed by atoms with E-state index >= 15 is 0 Å². The van der Waals surface area contributed by atoms with E-state index in [1.807, 2.05) is 17.4 Å². The topological polar surface area (TPSA) is 48.9 Å². The zero-order valence-electron chi connectivity index (χ0n) is 14.2. The predicted octanol–water partition coefficient (Wildman–Crippen LogP) is 2.17. The molecule has 6 heteroatoms. The van der Waals surface area contributed by atoms with E-state index < -0.39 is 0 Å². The van der Waals surface area contributed by atoms with Gasteiger partial charge in [-0.3, -0.25) is 9.89 Å². The van der Waals surface area contributed by atoms with Crippen molar-refractivity contribution in [3.8, 4) is 0 Å². The van der Waals surface area contributed by atoms with Crippen LogP contribution in [0.3, 0.4) is 0 Å². The van der Waals surface area contributed by atoms with Crippen molar-refractivity contribution >= 4 is 17.3 Å². The van der Waals surface area contributed by atoms with Crippen LogP contribution in [0.5, 0.6) is 0 Å². The summed E-state index contributed by atoms with van der Waals surface area (Å²) in [5.74, 6) is 0.846. The monoisotopic (exact) mass is 336 g/mol. The van der Waals surface area contributed by atoms with Crippen LogP contribution < -0.4 is 10.6 Å². The highest BCUT2D eigenvalue weighted by Gasteiger charge is 2.23. The number of guanidine groups is 1. The van der Waals surface area contributed by atoms with E-state index in [4.69, 9.17) is 9.73 Å². The minimum Gasteiger partial charge on any atom is -0.379 e. The number of thiophene rings is 1. The smallest absolute Gasteiger partial charge is 0.191 e. The third-order valence-electron chi connectivity index (χ3n) is 3.76. The standard InChI is InChI=1S/C17H28N4OS/c1-4-8-19-17(18-5-2)20-13-15(16-7-6-14(3)23-16)21-9-11-22-12-10-21/h4,6-7,15H,1,5,8-13H2,2-3H3,(H2,18,19,20). The molecule has 5 nitrogen and oxygen atoms in total. The van der Waals surface area contributed by atoms with Crippen LogP contribution >= 0.6 is 11.3 Å². The van der Waals surface area contributed by atoms with Crippen LogP contribution in [0, 0.1) is 6.92 Å². The molecule has 2 rings (SSSR count). The van der Waals surface area contributed by atoms with Gasteiger partial charge < -0.3 is 15.4 Å². The summed E-state index contributed by atoms with van der Waals surface area (Å²) in [6.07, 6.45) is 1.84. The Balaban J connectivity index is 2.10. The number of ether oxygens (including phenoxy) is 1. The average molecular weight is 337 g/mol. The molecule has 0 aliphatic carbocycles. The summed E-state index contributed by atoms with van der Waals surface area (Å²) in [5, 5.41) is 6.55. The van der Waals surface area contributed by atoms with E-state index in [2.05, 4.69) is 48.1 Å². The van der Waals surface area contributed by atoms with E-state index in [0.717, 1.165) is 45.4 Å². The lowest BCUT2D eigenvalue weighted by Gasteiger charge is -2.33. The molecule has 2 heterocycles. The van der Waals surface area contributed by atoms with Crippen LogP contribution in [0.4, 0.5) is 0 Å². The molecule has 128 valence electrons. The molecule has 0 bridgehead atoms. The van der Waals surface area contributed by atoms with E-state index in [1.54, 1.807) is 0 Å². The van der Waals surface area contributed by atoms with Crippen LogP contribution in [0.15, 0.2) is 29.8 Å². The average Bonchev–Trinajstić information content (AvgIpc) is 3.00. The Hall–Kier alpha value is -1.37. The third kappa shape index (κ3) is 5.64. The maximum Gasteiger partial charge on any atom is 0.191 e. The Morgan fingerprint density at radius 2 is 2.22 bits per heavy atom. The highest BCUT2D eigenvalue weighted by molar-refractivity contribution is 7.12. The summed E-state index contributed by atoms with van der Waals surface area (Å²) in [6.45, 7) is 13.8. The summed E-state index contributed by atoms with van der Waals surface area (Å²) in [5.41, 5.74) is 0. The van der Waals surface area contributed by atoms with Crippen molar-refractivity contribution in [2.45, 2.75) is 19.9 Å². The largest absolute Gasteiger partial charge is 0.379 e. The van der Waals surface area contributed by atoms with Crippen LogP contribution in [-0.4, -0.2) is 56.8 Å². The second kappa shape index (κ2) is 9.70. The van der Waals surface area contributed by atoms with E-state index in [1.165, 1.54) is 9.75 Å². The minimum absolute atomic E-state index is 0.316. The zero-order chi connectivity index (χ0) is 16.5. The number of nitrogens with zero attached hydrogens (tertiary/aromatic N) is 2. The SMILES string of the molecule is C=CCNC(=NCC(c1ccc(C)s1)N1CCOCC1)NCC. The summed E-state index contributed by atoms with van der Waals surface area (Å²) in [7, 11) is 0. The molecule has 1 atom stereocenters.